The number of carbonyl (C=O) groups is 1. The van der Waals surface area contributed by atoms with Crippen LogP contribution in [0.1, 0.15) is 52.4 Å². The fraction of sp³-hybridized carbons (Fsp3) is 0.929. The minimum atomic E-state index is -0.379. The zero-order valence-electron chi connectivity index (χ0n) is 11.7. The molecule has 0 heterocycles. The fourth-order valence-electron chi connectivity index (χ4n) is 2.27. The van der Waals surface area contributed by atoms with Crippen LogP contribution in [0.25, 0.3) is 0 Å². The molecule has 0 saturated heterocycles. The fourth-order valence-corrected chi connectivity index (χ4v) is 2.27. The van der Waals surface area contributed by atoms with Gasteiger partial charge in [-0.3, -0.25) is 4.79 Å². The summed E-state index contributed by atoms with van der Waals surface area (Å²) in [5.74, 6) is 0.278. The van der Waals surface area contributed by atoms with Crippen LogP contribution in [0.4, 0.5) is 0 Å². The van der Waals surface area contributed by atoms with Crippen LogP contribution in [-0.4, -0.2) is 36.2 Å². The number of hydrogen-bond donors (Lipinski definition) is 3. The van der Waals surface area contributed by atoms with Gasteiger partial charge in [0.15, 0.2) is 0 Å². The van der Waals surface area contributed by atoms with Crippen molar-refractivity contribution in [3.05, 3.63) is 0 Å². The first kappa shape index (κ1) is 15.4. The second-order valence-electron chi connectivity index (χ2n) is 5.70. The summed E-state index contributed by atoms with van der Waals surface area (Å²) in [7, 11) is 0. The molecule has 0 aliphatic heterocycles. The second kappa shape index (κ2) is 8.48. The summed E-state index contributed by atoms with van der Waals surface area (Å²) >= 11 is 0. The van der Waals surface area contributed by atoms with E-state index in [9.17, 15) is 9.90 Å². The van der Waals surface area contributed by atoms with Gasteiger partial charge in [-0.05, 0) is 18.8 Å². The molecule has 0 aromatic heterocycles. The average Bonchev–Trinajstić information content (AvgIpc) is 2.57. The van der Waals surface area contributed by atoms with E-state index in [0.717, 1.165) is 12.8 Å². The summed E-state index contributed by atoms with van der Waals surface area (Å²) in [5.41, 5.74) is 0. The topological polar surface area (TPSA) is 61.4 Å². The lowest BCUT2D eigenvalue weighted by Crippen LogP contribution is -2.42. The Bertz CT molecular complexity index is 236. The van der Waals surface area contributed by atoms with Crippen molar-refractivity contribution < 1.29 is 9.90 Å². The second-order valence-corrected chi connectivity index (χ2v) is 5.70. The van der Waals surface area contributed by atoms with E-state index in [1.54, 1.807) is 0 Å². The van der Waals surface area contributed by atoms with Crippen LogP contribution in [-0.2, 0) is 4.79 Å². The molecule has 0 bridgehead atoms. The third-order valence-electron chi connectivity index (χ3n) is 3.63. The Kier molecular flexibility index (Phi) is 7.28. The smallest absolute Gasteiger partial charge is 0.234 e. The SMILES string of the molecule is CC(C)C(O)CNCC(=O)NC1CCCCCC1. The Hall–Kier alpha value is -0.610. The molecule has 0 spiro atoms. The van der Waals surface area contributed by atoms with E-state index in [1.807, 2.05) is 13.8 Å². The monoisotopic (exact) mass is 256 g/mol. The van der Waals surface area contributed by atoms with Crippen molar-refractivity contribution in [1.82, 2.24) is 10.6 Å². The lowest BCUT2D eigenvalue weighted by atomic mass is 10.1. The van der Waals surface area contributed by atoms with Crippen molar-refractivity contribution in [1.29, 1.82) is 0 Å². The van der Waals surface area contributed by atoms with Crippen molar-refractivity contribution in [3.63, 3.8) is 0 Å². The molecule has 106 valence electrons. The molecule has 1 unspecified atom stereocenters. The molecule has 1 fully saturated rings. The van der Waals surface area contributed by atoms with Crippen molar-refractivity contribution in [2.24, 2.45) is 5.92 Å². The summed E-state index contributed by atoms with van der Waals surface area (Å²) in [6.45, 7) is 4.73. The van der Waals surface area contributed by atoms with E-state index in [0.29, 0.717) is 19.1 Å². The van der Waals surface area contributed by atoms with Crippen LogP contribution in [0.15, 0.2) is 0 Å². The van der Waals surface area contributed by atoms with E-state index in [-0.39, 0.29) is 17.9 Å². The van der Waals surface area contributed by atoms with Gasteiger partial charge >= 0.3 is 0 Å². The lowest BCUT2D eigenvalue weighted by Gasteiger charge is -2.18. The van der Waals surface area contributed by atoms with Crippen molar-refractivity contribution in [2.75, 3.05) is 13.1 Å². The lowest BCUT2D eigenvalue weighted by molar-refractivity contribution is -0.121. The predicted molar refractivity (Wildman–Crippen MR) is 73.3 cm³/mol. The van der Waals surface area contributed by atoms with Gasteiger partial charge in [0.2, 0.25) is 5.91 Å². The minimum absolute atomic E-state index is 0.0536. The average molecular weight is 256 g/mol. The van der Waals surface area contributed by atoms with E-state index in [4.69, 9.17) is 0 Å². The number of hydrogen-bond acceptors (Lipinski definition) is 3. The zero-order valence-corrected chi connectivity index (χ0v) is 11.7. The molecule has 4 nitrogen and oxygen atoms in total. The summed E-state index contributed by atoms with van der Waals surface area (Å²) in [6, 6.07) is 0.358. The minimum Gasteiger partial charge on any atom is -0.392 e. The molecule has 1 aliphatic rings. The van der Waals surface area contributed by atoms with Gasteiger partial charge in [-0.15, -0.1) is 0 Å². The van der Waals surface area contributed by atoms with Crippen molar-refractivity contribution in [3.8, 4) is 0 Å². The zero-order chi connectivity index (χ0) is 13.4. The Labute approximate surface area is 111 Å². The third-order valence-corrected chi connectivity index (χ3v) is 3.63. The normalized spacial score (nSPS) is 19.6. The first-order chi connectivity index (χ1) is 8.59. The Morgan fingerprint density at radius 1 is 1.22 bits per heavy atom. The highest BCUT2D eigenvalue weighted by atomic mass is 16.3. The summed E-state index contributed by atoms with van der Waals surface area (Å²) in [5, 5.41) is 15.7. The summed E-state index contributed by atoms with van der Waals surface area (Å²) in [6.07, 6.45) is 6.89. The Morgan fingerprint density at radius 3 is 2.39 bits per heavy atom. The van der Waals surface area contributed by atoms with Crippen molar-refractivity contribution in [2.45, 2.75) is 64.5 Å². The van der Waals surface area contributed by atoms with Gasteiger partial charge < -0.3 is 15.7 Å². The van der Waals surface area contributed by atoms with Crippen LogP contribution in [0.2, 0.25) is 0 Å². The first-order valence-corrected chi connectivity index (χ1v) is 7.27. The summed E-state index contributed by atoms with van der Waals surface area (Å²) < 4.78 is 0. The standard InChI is InChI=1S/C14H28N2O2/c1-11(2)13(17)9-15-10-14(18)16-12-7-5-3-4-6-8-12/h11-13,15,17H,3-10H2,1-2H3,(H,16,18). The van der Waals surface area contributed by atoms with Gasteiger partial charge in [-0.25, -0.2) is 0 Å². The highest BCUT2D eigenvalue weighted by Crippen LogP contribution is 2.16. The molecule has 1 amide bonds. The molecular weight excluding hydrogens is 228 g/mol. The number of aliphatic hydroxyl groups excluding tert-OH is 1. The molecule has 1 saturated carbocycles. The van der Waals surface area contributed by atoms with Crippen LogP contribution in [0, 0.1) is 5.92 Å². The predicted octanol–water partition coefficient (Wildman–Crippen LogP) is 1.43. The summed E-state index contributed by atoms with van der Waals surface area (Å²) in [4.78, 5) is 11.7. The molecular formula is C14H28N2O2. The van der Waals surface area contributed by atoms with E-state index in [2.05, 4.69) is 10.6 Å². The van der Waals surface area contributed by atoms with Crippen molar-refractivity contribution >= 4 is 5.91 Å². The highest BCUT2D eigenvalue weighted by Gasteiger charge is 2.15. The van der Waals surface area contributed by atoms with Gasteiger partial charge in [0.05, 0.1) is 12.6 Å². The van der Waals surface area contributed by atoms with E-state index in [1.165, 1.54) is 25.7 Å². The molecule has 18 heavy (non-hydrogen) atoms. The molecule has 0 aromatic carbocycles. The molecule has 1 atom stereocenters. The number of carbonyl (C=O) groups excluding carboxylic acids is 1. The van der Waals surface area contributed by atoms with Crippen LogP contribution >= 0.6 is 0 Å². The van der Waals surface area contributed by atoms with E-state index >= 15 is 0 Å². The number of amides is 1. The number of nitrogens with one attached hydrogen (secondary N) is 2. The maximum atomic E-state index is 11.7. The highest BCUT2D eigenvalue weighted by molar-refractivity contribution is 5.78. The Balaban J connectivity index is 2.12. The molecule has 3 N–H and O–H groups in total. The maximum absolute atomic E-state index is 11.7. The van der Waals surface area contributed by atoms with Crippen LogP contribution in [0.3, 0.4) is 0 Å². The first-order valence-electron chi connectivity index (χ1n) is 7.27. The number of aliphatic hydroxyl groups is 1. The van der Waals surface area contributed by atoms with Crippen LogP contribution < -0.4 is 10.6 Å². The van der Waals surface area contributed by atoms with Gasteiger partial charge in [0, 0.05) is 12.6 Å². The maximum Gasteiger partial charge on any atom is 0.234 e. The third kappa shape index (κ3) is 6.36. The van der Waals surface area contributed by atoms with E-state index < -0.39 is 0 Å². The quantitative estimate of drug-likeness (QED) is 0.630. The molecule has 0 aromatic rings. The molecule has 0 radical (unpaired) electrons. The van der Waals surface area contributed by atoms with Gasteiger partial charge in [-0.2, -0.15) is 0 Å². The molecule has 4 heteroatoms. The number of rotatable bonds is 6. The van der Waals surface area contributed by atoms with Gasteiger partial charge in [0.1, 0.15) is 0 Å². The van der Waals surface area contributed by atoms with Crippen LogP contribution in [0.5, 0.6) is 0 Å². The Morgan fingerprint density at radius 2 is 1.83 bits per heavy atom. The van der Waals surface area contributed by atoms with Gasteiger partial charge in [0.25, 0.3) is 0 Å². The largest absolute Gasteiger partial charge is 0.392 e. The molecule has 1 aliphatic carbocycles. The molecule has 1 rings (SSSR count). The van der Waals surface area contributed by atoms with Gasteiger partial charge in [-0.1, -0.05) is 39.5 Å².